The maximum Gasteiger partial charge on any atom is 0.432 e. The summed E-state index contributed by atoms with van der Waals surface area (Å²) in [6, 6.07) is 0.852. The second-order valence-corrected chi connectivity index (χ2v) is 6.37. The van der Waals surface area contributed by atoms with Crippen molar-refractivity contribution in [1.29, 1.82) is 5.41 Å². The van der Waals surface area contributed by atoms with Crippen molar-refractivity contribution in [3.05, 3.63) is 58.2 Å². The Bertz CT molecular complexity index is 968. The molecular weight excluding hydrogens is 453 g/mol. The van der Waals surface area contributed by atoms with Gasteiger partial charge >= 0.3 is 12.1 Å². The quantitative estimate of drug-likeness (QED) is 0.269. The Morgan fingerprint density at radius 3 is 2.43 bits per heavy atom. The van der Waals surface area contributed by atoms with E-state index in [2.05, 4.69) is 20.3 Å². The van der Waals surface area contributed by atoms with E-state index in [1.807, 2.05) is 0 Å². The highest BCUT2D eigenvalue weighted by Gasteiger charge is 2.36. The van der Waals surface area contributed by atoms with Crippen molar-refractivity contribution < 1.29 is 27.1 Å². The molecule has 0 spiro atoms. The zero-order valence-corrected chi connectivity index (χ0v) is 16.6. The van der Waals surface area contributed by atoms with Crippen LogP contribution in [0.4, 0.5) is 23.2 Å². The van der Waals surface area contributed by atoms with Gasteiger partial charge in [0.2, 0.25) is 0 Å². The van der Waals surface area contributed by atoms with E-state index in [0.717, 1.165) is 24.7 Å². The molecule has 0 fully saturated rings. The molecule has 0 aliphatic heterocycles. The van der Waals surface area contributed by atoms with Gasteiger partial charge in [0.1, 0.15) is 11.5 Å². The Labute approximate surface area is 177 Å². The van der Waals surface area contributed by atoms with Gasteiger partial charge in [-0.05, 0) is 13.0 Å². The minimum absolute atomic E-state index is 0.0932. The summed E-state index contributed by atoms with van der Waals surface area (Å²) < 4.78 is 57.6. The molecule has 2 heterocycles. The minimum Gasteiger partial charge on any atom is -0.465 e. The van der Waals surface area contributed by atoms with Crippen LogP contribution in [0.5, 0.6) is 0 Å². The molecule has 2 N–H and O–H groups in total. The Balaban J connectivity index is 2.60. The number of carbonyl (C=O) groups is 1. The summed E-state index contributed by atoms with van der Waals surface area (Å²) in [5, 5.41) is 9.38. The third kappa shape index (κ3) is 6.10. The van der Waals surface area contributed by atoms with Gasteiger partial charge in [-0.15, -0.1) is 0 Å². The van der Waals surface area contributed by atoms with Gasteiger partial charge in [0.05, 0.1) is 23.5 Å². The number of alkyl halides is 3. The van der Waals surface area contributed by atoms with Gasteiger partial charge < -0.3 is 10.1 Å². The maximum absolute atomic E-state index is 13.7. The van der Waals surface area contributed by atoms with E-state index >= 15 is 0 Å². The average molecular weight is 466 g/mol. The molecule has 0 saturated carbocycles. The van der Waals surface area contributed by atoms with Crippen LogP contribution in [0.2, 0.25) is 10.2 Å². The third-order valence-electron chi connectivity index (χ3n) is 3.42. The molecule has 13 heteroatoms. The first-order chi connectivity index (χ1) is 14.0. The van der Waals surface area contributed by atoms with Crippen molar-refractivity contribution in [2.75, 3.05) is 11.9 Å². The van der Waals surface area contributed by atoms with Crippen LogP contribution in [0, 0.1) is 11.2 Å². The van der Waals surface area contributed by atoms with Gasteiger partial charge in [0.25, 0.3) is 0 Å². The van der Waals surface area contributed by atoms with Crippen molar-refractivity contribution in [3.8, 4) is 0 Å². The van der Waals surface area contributed by atoms with Crippen LogP contribution in [0.25, 0.3) is 0 Å². The number of nitrogens with one attached hydrogen (secondary N) is 2. The van der Waals surface area contributed by atoms with Crippen molar-refractivity contribution >= 4 is 40.6 Å². The zero-order valence-electron chi connectivity index (χ0n) is 15.1. The topological polar surface area (TPSA) is 101 Å². The number of hydrogen-bond acceptors (Lipinski definition) is 7. The predicted molar refractivity (Wildman–Crippen MR) is 101 cm³/mol. The van der Waals surface area contributed by atoms with Crippen molar-refractivity contribution in [2.45, 2.75) is 19.0 Å². The fraction of sp³-hybridized carbons (Fsp3) is 0.235. The van der Waals surface area contributed by atoms with Crippen LogP contribution in [0.15, 0.2) is 36.4 Å². The van der Waals surface area contributed by atoms with Gasteiger partial charge in [0, 0.05) is 24.2 Å². The molecule has 0 bridgehead atoms. The van der Waals surface area contributed by atoms with Crippen molar-refractivity contribution in [3.63, 3.8) is 0 Å². The smallest absolute Gasteiger partial charge is 0.432 e. The summed E-state index contributed by atoms with van der Waals surface area (Å²) >= 11 is 11.2. The molecule has 30 heavy (non-hydrogen) atoms. The largest absolute Gasteiger partial charge is 0.465 e. The van der Waals surface area contributed by atoms with E-state index in [4.69, 9.17) is 33.3 Å². The van der Waals surface area contributed by atoms with E-state index in [1.165, 1.54) is 6.92 Å². The molecule has 0 amide bonds. The zero-order chi connectivity index (χ0) is 22.5. The lowest BCUT2D eigenvalue weighted by Crippen LogP contribution is -2.27. The number of carbonyl (C=O) groups excluding carboxylic acids is 1. The van der Waals surface area contributed by atoms with Gasteiger partial charge in [-0.2, -0.15) is 13.2 Å². The number of ether oxygens (including phenoxy) is 1. The van der Waals surface area contributed by atoms with E-state index in [0.29, 0.717) is 6.08 Å². The number of aromatic nitrogens is 3. The number of halogens is 6. The number of nitrogens with zero attached hydrogens (tertiary/aromatic N) is 3. The van der Waals surface area contributed by atoms with E-state index in [1.54, 1.807) is 0 Å². The second-order valence-electron chi connectivity index (χ2n) is 5.58. The molecule has 160 valence electrons. The summed E-state index contributed by atoms with van der Waals surface area (Å²) in [4.78, 5) is 23.8. The van der Waals surface area contributed by atoms with Crippen LogP contribution >= 0.6 is 23.2 Å². The third-order valence-corrected chi connectivity index (χ3v) is 3.90. The normalized spacial score (nSPS) is 13.0. The van der Waals surface area contributed by atoms with Crippen LogP contribution in [0.3, 0.4) is 0 Å². The fourth-order valence-corrected chi connectivity index (χ4v) is 2.35. The number of anilines is 1. The molecule has 0 saturated heterocycles. The molecule has 0 aromatic carbocycles. The lowest BCUT2D eigenvalue weighted by Gasteiger charge is -2.20. The molecule has 1 atom stereocenters. The highest BCUT2D eigenvalue weighted by molar-refractivity contribution is 6.30. The molecule has 0 aliphatic carbocycles. The fourth-order valence-electron chi connectivity index (χ4n) is 2.15. The first-order valence-corrected chi connectivity index (χ1v) is 8.88. The average Bonchev–Trinajstić information content (AvgIpc) is 2.66. The Morgan fingerprint density at radius 1 is 1.27 bits per heavy atom. The summed E-state index contributed by atoms with van der Waals surface area (Å²) in [6.45, 7) is 1.40. The minimum atomic E-state index is -5.02. The number of rotatable bonds is 7. The summed E-state index contributed by atoms with van der Waals surface area (Å²) in [5.74, 6) is -3.82. The number of pyridine rings is 1. The molecule has 0 aliphatic rings. The lowest BCUT2D eigenvalue weighted by molar-refractivity contribution is -0.144. The highest BCUT2D eigenvalue weighted by Crippen LogP contribution is 2.28. The first-order valence-electron chi connectivity index (χ1n) is 8.12. The molecule has 2 aromatic heterocycles. The Hall–Kier alpha value is -2.79. The summed E-state index contributed by atoms with van der Waals surface area (Å²) in [5.41, 5.74) is -2.42. The summed E-state index contributed by atoms with van der Waals surface area (Å²) in [7, 11) is 0. The molecule has 1 unspecified atom stereocenters. The first kappa shape index (κ1) is 23.5. The van der Waals surface area contributed by atoms with Crippen molar-refractivity contribution in [1.82, 2.24) is 15.0 Å². The van der Waals surface area contributed by atoms with Crippen molar-refractivity contribution in [2.24, 2.45) is 0 Å². The Morgan fingerprint density at radius 2 is 1.90 bits per heavy atom. The number of esters is 1. The predicted octanol–water partition coefficient (Wildman–Crippen LogP) is 4.54. The molecule has 7 nitrogen and oxygen atoms in total. The monoisotopic (exact) mass is 465 g/mol. The van der Waals surface area contributed by atoms with Crippen LogP contribution < -0.4 is 5.32 Å². The Kier molecular flexibility index (Phi) is 7.68. The van der Waals surface area contributed by atoms with Gasteiger partial charge in [-0.3, -0.25) is 10.2 Å². The van der Waals surface area contributed by atoms with Crippen LogP contribution in [0.1, 0.15) is 18.7 Å². The van der Waals surface area contributed by atoms with E-state index in [9.17, 15) is 22.4 Å². The van der Waals surface area contributed by atoms with E-state index < -0.39 is 40.4 Å². The molecule has 0 radical (unpaired) electrons. The van der Waals surface area contributed by atoms with Crippen LogP contribution in [-0.2, 0) is 9.53 Å². The lowest BCUT2D eigenvalue weighted by atomic mass is 10.0. The molecule has 2 aromatic rings. The van der Waals surface area contributed by atoms with Crippen LogP contribution in [-0.4, -0.2) is 39.4 Å². The van der Waals surface area contributed by atoms with Gasteiger partial charge in [-0.25, -0.2) is 19.3 Å². The van der Waals surface area contributed by atoms with Gasteiger partial charge in [0.15, 0.2) is 16.9 Å². The summed E-state index contributed by atoms with van der Waals surface area (Å²) in [6.07, 6.45) is -1.37. The number of hydrogen-bond donors (Lipinski definition) is 2. The number of allylic oxidation sites excluding steroid dienone is 1. The maximum atomic E-state index is 13.7. The molecular formula is C17H13Cl2F4N5O2. The molecule has 2 rings (SSSR count). The van der Waals surface area contributed by atoms with E-state index in [-0.39, 0.29) is 23.1 Å². The standard InChI is InChI=1S/C17H13Cl2F4N5O2/c1-2-30-16(29)13(15-26-5-8(18)6-27-15)11(4-12(24)17(21,22)23)28-9-3-10(20)14(19)25-7-9/h3-7,13,24,28H,2H2,1H3/b11-4-,24-12?. The second kappa shape index (κ2) is 9.81. The van der Waals surface area contributed by atoms with Gasteiger partial charge in [-0.1, -0.05) is 23.2 Å². The highest BCUT2D eigenvalue weighted by atomic mass is 35.5. The SMILES string of the molecule is CCOC(=O)C(/C(=C/C(=N)C(F)(F)F)Nc1cnc(Cl)c(F)c1)c1ncc(Cl)cn1.